The van der Waals surface area contributed by atoms with Crippen LogP contribution in [0.1, 0.15) is 19.8 Å². The summed E-state index contributed by atoms with van der Waals surface area (Å²) in [5.74, 6) is 2.35. The molecule has 0 spiro atoms. The molecule has 1 saturated heterocycles. The molecule has 0 radical (unpaired) electrons. The second-order valence-corrected chi connectivity index (χ2v) is 5.47. The first-order valence-electron chi connectivity index (χ1n) is 7.06. The van der Waals surface area contributed by atoms with Gasteiger partial charge in [-0.1, -0.05) is 0 Å². The number of aromatic nitrogens is 2. The molecule has 1 aromatic rings. The third-order valence-corrected chi connectivity index (χ3v) is 3.67. The summed E-state index contributed by atoms with van der Waals surface area (Å²) in [5, 5.41) is 3.37. The van der Waals surface area contributed by atoms with E-state index in [0.717, 1.165) is 38.3 Å². The summed E-state index contributed by atoms with van der Waals surface area (Å²) in [6.45, 7) is 4.28. The molecule has 110 valence electrons. The van der Waals surface area contributed by atoms with Gasteiger partial charge in [0.2, 0.25) is 11.9 Å². The zero-order valence-corrected chi connectivity index (χ0v) is 12.5. The molecule has 0 unspecified atom stereocenters. The third-order valence-electron chi connectivity index (χ3n) is 3.67. The Morgan fingerprint density at radius 2 is 2.15 bits per heavy atom. The number of hydrogen-bond acceptors (Lipinski definition) is 5. The summed E-state index contributed by atoms with van der Waals surface area (Å²) < 4.78 is 0. The first-order chi connectivity index (χ1) is 9.56. The SMILES string of the molecule is CC(=O)N1CCC(CNc2ccnc(N(C)C)n2)CC1. The fraction of sp³-hybridized carbons (Fsp3) is 0.643. The fourth-order valence-corrected chi connectivity index (χ4v) is 2.36. The number of piperidine rings is 1. The van der Waals surface area contributed by atoms with Crippen molar-refractivity contribution in [3.05, 3.63) is 12.3 Å². The molecule has 0 bridgehead atoms. The molecule has 1 amide bonds. The summed E-state index contributed by atoms with van der Waals surface area (Å²) in [6.07, 6.45) is 3.87. The molecule has 1 aliphatic heterocycles. The van der Waals surface area contributed by atoms with Crippen molar-refractivity contribution in [2.75, 3.05) is 43.9 Å². The van der Waals surface area contributed by atoms with Crippen LogP contribution in [0, 0.1) is 5.92 Å². The van der Waals surface area contributed by atoms with Crippen LogP contribution in [0.3, 0.4) is 0 Å². The molecule has 0 aliphatic carbocycles. The lowest BCUT2D eigenvalue weighted by atomic mass is 9.97. The zero-order chi connectivity index (χ0) is 14.5. The fourth-order valence-electron chi connectivity index (χ4n) is 2.36. The van der Waals surface area contributed by atoms with Crippen LogP contribution in [0.25, 0.3) is 0 Å². The molecule has 1 aliphatic rings. The van der Waals surface area contributed by atoms with Crippen molar-refractivity contribution in [1.29, 1.82) is 0 Å². The van der Waals surface area contributed by atoms with Gasteiger partial charge in [0.1, 0.15) is 5.82 Å². The lowest BCUT2D eigenvalue weighted by Crippen LogP contribution is -2.38. The smallest absolute Gasteiger partial charge is 0.226 e. The van der Waals surface area contributed by atoms with Gasteiger partial charge in [-0.15, -0.1) is 0 Å². The van der Waals surface area contributed by atoms with Crippen molar-refractivity contribution in [3.63, 3.8) is 0 Å². The molecule has 1 fully saturated rings. The Hall–Kier alpha value is -1.85. The average Bonchev–Trinajstić information content (AvgIpc) is 2.46. The van der Waals surface area contributed by atoms with Gasteiger partial charge in [0, 0.05) is 46.9 Å². The van der Waals surface area contributed by atoms with Crippen LogP contribution in [0.4, 0.5) is 11.8 Å². The summed E-state index contributed by atoms with van der Waals surface area (Å²) in [5.41, 5.74) is 0. The zero-order valence-electron chi connectivity index (χ0n) is 12.5. The topological polar surface area (TPSA) is 61.4 Å². The van der Waals surface area contributed by atoms with E-state index in [9.17, 15) is 4.79 Å². The van der Waals surface area contributed by atoms with Gasteiger partial charge in [0.05, 0.1) is 0 Å². The highest BCUT2D eigenvalue weighted by Crippen LogP contribution is 2.18. The van der Waals surface area contributed by atoms with Crippen LogP contribution in [-0.4, -0.2) is 54.5 Å². The van der Waals surface area contributed by atoms with Crippen molar-refractivity contribution in [2.45, 2.75) is 19.8 Å². The van der Waals surface area contributed by atoms with E-state index in [1.54, 1.807) is 13.1 Å². The lowest BCUT2D eigenvalue weighted by molar-refractivity contribution is -0.130. The minimum absolute atomic E-state index is 0.183. The molecule has 20 heavy (non-hydrogen) atoms. The molecule has 2 heterocycles. The largest absolute Gasteiger partial charge is 0.370 e. The van der Waals surface area contributed by atoms with Gasteiger partial charge in [0.25, 0.3) is 0 Å². The van der Waals surface area contributed by atoms with Gasteiger partial charge in [0.15, 0.2) is 0 Å². The van der Waals surface area contributed by atoms with Crippen molar-refractivity contribution in [1.82, 2.24) is 14.9 Å². The number of rotatable bonds is 4. The van der Waals surface area contributed by atoms with E-state index in [4.69, 9.17) is 0 Å². The maximum absolute atomic E-state index is 11.3. The number of carbonyl (C=O) groups is 1. The lowest BCUT2D eigenvalue weighted by Gasteiger charge is -2.31. The number of hydrogen-bond donors (Lipinski definition) is 1. The number of carbonyl (C=O) groups excluding carboxylic acids is 1. The highest BCUT2D eigenvalue weighted by Gasteiger charge is 2.20. The van der Waals surface area contributed by atoms with E-state index in [0.29, 0.717) is 11.9 Å². The van der Waals surface area contributed by atoms with Gasteiger partial charge >= 0.3 is 0 Å². The van der Waals surface area contributed by atoms with Gasteiger partial charge in [-0.3, -0.25) is 4.79 Å². The van der Waals surface area contributed by atoms with Crippen LogP contribution in [0.2, 0.25) is 0 Å². The van der Waals surface area contributed by atoms with Crippen LogP contribution >= 0.6 is 0 Å². The number of amides is 1. The molecule has 0 saturated carbocycles. The monoisotopic (exact) mass is 277 g/mol. The molecule has 6 heteroatoms. The summed E-state index contributed by atoms with van der Waals surface area (Å²) >= 11 is 0. The second kappa shape index (κ2) is 6.54. The van der Waals surface area contributed by atoms with Crippen LogP contribution in [0.15, 0.2) is 12.3 Å². The predicted molar refractivity (Wildman–Crippen MR) is 79.8 cm³/mol. The second-order valence-electron chi connectivity index (χ2n) is 5.47. The Kier molecular flexibility index (Phi) is 4.76. The Morgan fingerprint density at radius 3 is 2.75 bits per heavy atom. The van der Waals surface area contributed by atoms with Crippen LogP contribution in [-0.2, 0) is 4.79 Å². The molecule has 1 N–H and O–H groups in total. The van der Waals surface area contributed by atoms with Crippen molar-refractivity contribution >= 4 is 17.7 Å². The highest BCUT2D eigenvalue weighted by atomic mass is 16.2. The first-order valence-corrected chi connectivity index (χ1v) is 7.06. The standard InChI is InChI=1S/C14H23N5O/c1-11(20)19-8-5-12(6-9-19)10-16-13-4-7-15-14(17-13)18(2)3/h4,7,12H,5-6,8-10H2,1-3H3,(H,15,16,17). The van der Waals surface area contributed by atoms with Crippen LogP contribution in [0.5, 0.6) is 0 Å². The van der Waals surface area contributed by atoms with E-state index in [1.165, 1.54) is 0 Å². The van der Waals surface area contributed by atoms with E-state index in [-0.39, 0.29) is 5.91 Å². The minimum Gasteiger partial charge on any atom is -0.370 e. The molecule has 0 atom stereocenters. The van der Waals surface area contributed by atoms with Crippen molar-refractivity contribution < 1.29 is 4.79 Å². The van der Waals surface area contributed by atoms with E-state index in [2.05, 4.69) is 15.3 Å². The summed E-state index contributed by atoms with van der Waals surface area (Å²) in [4.78, 5) is 23.7. The van der Waals surface area contributed by atoms with E-state index < -0.39 is 0 Å². The van der Waals surface area contributed by atoms with Crippen LogP contribution < -0.4 is 10.2 Å². The summed E-state index contributed by atoms with van der Waals surface area (Å²) in [6, 6.07) is 1.89. The first kappa shape index (κ1) is 14.6. The molecule has 0 aromatic carbocycles. The number of likely N-dealkylation sites (tertiary alicyclic amines) is 1. The van der Waals surface area contributed by atoms with Gasteiger partial charge in [-0.05, 0) is 24.8 Å². The summed E-state index contributed by atoms with van der Waals surface area (Å²) in [7, 11) is 3.85. The molecular weight excluding hydrogens is 254 g/mol. The number of anilines is 2. The van der Waals surface area contributed by atoms with Crippen molar-refractivity contribution in [3.8, 4) is 0 Å². The molecular formula is C14H23N5O. The number of nitrogens with one attached hydrogen (secondary N) is 1. The van der Waals surface area contributed by atoms with E-state index in [1.807, 2.05) is 30.0 Å². The normalized spacial score (nSPS) is 16.1. The maximum atomic E-state index is 11.3. The number of nitrogens with zero attached hydrogens (tertiary/aromatic N) is 4. The Balaban J connectivity index is 1.81. The quantitative estimate of drug-likeness (QED) is 0.896. The Labute approximate surface area is 120 Å². The average molecular weight is 277 g/mol. The molecule has 2 rings (SSSR count). The van der Waals surface area contributed by atoms with Crippen molar-refractivity contribution in [2.24, 2.45) is 5.92 Å². The maximum Gasteiger partial charge on any atom is 0.226 e. The molecule has 6 nitrogen and oxygen atoms in total. The van der Waals surface area contributed by atoms with Gasteiger partial charge < -0.3 is 15.1 Å². The Morgan fingerprint density at radius 1 is 1.45 bits per heavy atom. The van der Waals surface area contributed by atoms with Gasteiger partial charge in [-0.2, -0.15) is 4.98 Å². The van der Waals surface area contributed by atoms with E-state index >= 15 is 0 Å². The predicted octanol–water partition coefficient (Wildman–Crippen LogP) is 1.21. The molecule has 1 aromatic heterocycles. The van der Waals surface area contributed by atoms with Gasteiger partial charge in [-0.25, -0.2) is 4.98 Å². The third kappa shape index (κ3) is 3.82. The highest BCUT2D eigenvalue weighted by molar-refractivity contribution is 5.73. The minimum atomic E-state index is 0.183. The Bertz CT molecular complexity index is 455.